The van der Waals surface area contributed by atoms with E-state index in [1.165, 1.54) is 7.11 Å². The van der Waals surface area contributed by atoms with Crippen LogP contribution in [0.4, 0.5) is 0 Å². The van der Waals surface area contributed by atoms with Crippen molar-refractivity contribution in [2.24, 2.45) is 5.73 Å². The average molecular weight is 241 g/mol. The first-order chi connectivity index (χ1) is 8.13. The summed E-state index contributed by atoms with van der Waals surface area (Å²) < 4.78 is 10.5. The molecule has 0 fully saturated rings. The largest absolute Gasteiger partial charge is 0.493 e. The Kier molecular flexibility index (Phi) is 5.21. The molecule has 1 rings (SSSR count). The van der Waals surface area contributed by atoms with Gasteiger partial charge in [-0.15, -0.1) is 0 Å². The van der Waals surface area contributed by atoms with Crippen LogP contribution in [0, 0.1) is 0 Å². The van der Waals surface area contributed by atoms with Gasteiger partial charge in [-0.25, -0.2) is 0 Å². The molecule has 0 aliphatic rings. The zero-order valence-corrected chi connectivity index (χ0v) is 10.1. The number of hydrogen-bond acceptors (Lipinski definition) is 5. The number of aliphatic hydroxyl groups excluding tert-OH is 2. The molecule has 5 heteroatoms. The van der Waals surface area contributed by atoms with E-state index >= 15 is 0 Å². The zero-order valence-electron chi connectivity index (χ0n) is 10.1. The van der Waals surface area contributed by atoms with E-state index in [1.54, 1.807) is 18.2 Å². The van der Waals surface area contributed by atoms with Gasteiger partial charge < -0.3 is 25.4 Å². The Labute approximate surface area is 101 Å². The molecule has 4 N–H and O–H groups in total. The van der Waals surface area contributed by atoms with Crippen molar-refractivity contribution in [3.8, 4) is 11.5 Å². The highest BCUT2D eigenvalue weighted by Gasteiger charge is 2.18. The van der Waals surface area contributed by atoms with Crippen molar-refractivity contribution in [2.75, 3.05) is 20.3 Å². The van der Waals surface area contributed by atoms with Crippen molar-refractivity contribution in [3.05, 3.63) is 23.8 Å². The lowest BCUT2D eigenvalue weighted by molar-refractivity contribution is 0.0242. The molecule has 0 spiro atoms. The maximum absolute atomic E-state index is 9.80. The predicted molar refractivity (Wildman–Crippen MR) is 64.2 cm³/mol. The third-order valence-electron chi connectivity index (χ3n) is 2.43. The molecule has 96 valence electrons. The standard InChI is InChI=1S/C12H19NO4/c1-3-17-10-5-4-8(6-11(10)16-2)12(15)9(14)7-13/h4-6,9,12,14-15H,3,7,13H2,1-2H3. The van der Waals surface area contributed by atoms with Crippen LogP contribution in [0.2, 0.25) is 0 Å². The Bertz CT molecular complexity index is 356. The van der Waals surface area contributed by atoms with Crippen molar-refractivity contribution in [2.45, 2.75) is 19.1 Å². The lowest BCUT2D eigenvalue weighted by Gasteiger charge is -2.18. The summed E-state index contributed by atoms with van der Waals surface area (Å²) in [6, 6.07) is 5.01. The second kappa shape index (κ2) is 6.44. The fourth-order valence-electron chi connectivity index (χ4n) is 1.49. The summed E-state index contributed by atoms with van der Waals surface area (Å²) in [5.41, 5.74) is 5.84. The van der Waals surface area contributed by atoms with Gasteiger partial charge in [-0.2, -0.15) is 0 Å². The van der Waals surface area contributed by atoms with Crippen molar-refractivity contribution in [1.82, 2.24) is 0 Å². The van der Waals surface area contributed by atoms with Crippen molar-refractivity contribution < 1.29 is 19.7 Å². The van der Waals surface area contributed by atoms with E-state index < -0.39 is 12.2 Å². The first kappa shape index (κ1) is 13.8. The van der Waals surface area contributed by atoms with Gasteiger partial charge in [0.2, 0.25) is 0 Å². The van der Waals surface area contributed by atoms with Crippen molar-refractivity contribution in [1.29, 1.82) is 0 Å². The van der Waals surface area contributed by atoms with Crippen LogP contribution in [0.3, 0.4) is 0 Å². The molecule has 0 heterocycles. The first-order valence-electron chi connectivity index (χ1n) is 5.51. The third-order valence-corrected chi connectivity index (χ3v) is 2.43. The smallest absolute Gasteiger partial charge is 0.161 e. The van der Waals surface area contributed by atoms with Gasteiger partial charge in [0.1, 0.15) is 6.10 Å². The van der Waals surface area contributed by atoms with Gasteiger partial charge in [-0.05, 0) is 24.6 Å². The summed E-state index contributed by atoms with van der Waals surface area (Å²) in [6.45, 7) is 2.40. The lowest BCUT2D eigenvalue weighted by atomic mass is 10.0. The molecule has 0 saturated carbocycles. The summed E-state index contributed by atoms with van der Waals surface area (Å²) in [5, 5.41) is 19.3. The van der Waals surface area contributed by atoms with Crippen molar-refractivity contribution >= 4 is 0 Å². The van der Waals surface area contributed by atoms with E-state index in [4.69, 9.17) is 15.2 Å². The first-order valence-corrected chi connectivity index (χ1v) is 5.51. The van der Waals surface area contributed by atoms with Gasteiger partial charge in [-0.3, -0.25) is 0 Å². The maximum atomic E-state index is 9.80. The van der Waals surface area contributed by atoms with E-state index in [9.17, 15) is 10.2 Å². The molecule has 0 aromatic heterocycles. The zero-order chi connectivity index (χ0) is 12.8. The lowest BCUT2D eigenvalue weighted by Crippen LogP contribution is -2.27. The van der Waals surface area contributed by atoms with Crippen LogP contribution >= 0.6 is 0 Å². The Hall–Kier alpha value is -1.30. The Morgan fingerprint density at radius 1 is 1.29 bits per heavy atom. The highest BCUT2D eigenvalue weighted by Crippen LogP contribution is 2.31. The highest BCUT2D eigenvalue weighted by molar-refractivity contribution is 5.43. The van der Waals surface area contributed by atoms with Gasteiger partial charge in [0, 0.05) is 6.54 Å². The Balaban J connectivity index is 2.96. The molecule has 0 aliphatic carbocycles. The molecule has 2 atom stereocenters. The monoisotopic (exact) mass is 241 g/mol. The third kappa shape index (κ3) is 3.33. The van der Waals surface area contributed by atoms with Crippen LogP contribution in [-0.4, -0.2) is 36.6 Å². The predicted octanol–water partition coefficient (Wildman–Crippen LogP) is 0.447. The summed E-state index contributed by atoms with van der Waals surface area (Å²) in [4.78, 5) is 0. The Morgan fingerprint density at radius 2 is 2.00 bits per heavy atom. The molecule has 0 radical (unpaired) electrons. The number of benzene rings is 1. The van der Waals surface area contributed by atoms with Crippen LogP contribution in [-0.2, 0) is 0 Å². The van der Waals surface area contributed by atoms with Crippen LogP contribution < -0.4 is 15.2 Å². The van der Waals surface area contributed by atoms with E-state index in [0.717, 1.165) is 0 Å². The molecule has 0 amide bonds. The number of ether oxygens (including phenoxy) is 2. The number of rotatable bonds is 6. The minimum absolute atomic E-state index is 0.00328. The molecule has 0 aliphatic heterocycles. The maximum Gasteiger partial charge on any atom is 0.161 e. The molecular formula is C12H19NO4. The highest BCUT2D eigenvalue weighted by atomic mass is 16.5. The van der Waals surface area contributed by atoms with E-state index in [0.29, 0.717) is 23.7 Å². The fraction of sp³-hybridized carbons (Fsp3) is 0.500. The molecule has 0 saturated heterocycles. The number of nitrogens with two attached hydrogens (primary N) is 1. The summed E-state index contributed by atoms with van der Waals surface area (Å²) in [7, 11) is 1.52. The SMILES string of the molecule is CCOc1ccc(C(O)C(O)CN)cc1OC. The Morgan fingerprint density at radius 3 is 2.53 bits per heavy atom. The van der Waals surface area contributed by atoms with Crippen LogP contribution in [0.5, 0.6) is 11.5 Å². The van der Waals surface area contributed by atoms with Gasteiger partial charge in [0.25, 0.3) is 0 Å². The topological polar surface area (TPSA) is 84.9 Å². The minimum atomic E-state index is -1.02. The number of methoxy groups -OCH3 is 1. The minimum Gasteiger partial charge on any atom is -0.493 e. The van der Waals surface area contributed by atoms with Crippen LogP contribution in [0.25, 0.3) is 0 Å². The molecular weight excluding hydrogens is 222 g/mol. The van der Waals surface area contributed by atoms with Crippen molar-refractivity contribution in [3.63, 3.8) is 0 Å². The van der Waals surface area contributed by atoms with E-state index in [1.807, 2.05) is 6.92 Å². The second-order valence-electron chi connectivity index (χ2n) is 3.59. The normalized spacial score (nSPS) is 14.2. The quantitative estimate of drug-likeness (QED) is 0.673. The summed E-state index contributed by atoms with van der Waals surface area (Å²) >= 11 is 0. The van der Waals surface area contributed by atoms with Crippen LogP contribution in [0.15, 0.2) is 18.2 Å². The van der Waals surface area contributed by atoms with Gasteiger partial charge in [-0.1, -0.05) is 6.07 Å². The summed E-state index contributed by atoms with van der Waals surface area (Å²) in [6.07, 6.45) is -2.01. The fourth-order valence-corrected chi connectivity index (χ4v) is 1.49. The molecule has 5 nitrogen and oxygen atoms in total. The molecule has 2 unspecified atom stereocenters. The molecule has 17 heavy (non-hydrogen) atoms. The average Bonchev–Trinajstić information content (AvgIpc) is 2.37. The molecule has 1 aromatic carbocycles. The molecule has 0 bridgehead atoms. The van der Waals surface area contributed by atoms with E-state index in [-0.39, 0.29) is 6.54 Å². The number of aliphatic hydroxyl groups is 2. The number of hydrogen-bond donors (Lipinski definition) is 3. The van der Waals surface area contributed by atoms with Gasteiger partial charge in [0.05, 0.1) is 19.8 Å². The van der Waals surface area contributed by atoms with Gasteiger partial charge >= 0.3 is 0 Å². The van der Waals surface area contributed by atoms with Crippen LogP contribution in [0.1, 0.15) is 18.6 Å². The van der Waals surface area contributed by atoms with E-state index in [2.05, 4.69) is 0 Å². The van der Waals surface area contributed by atoms with Gasteiger partial charge in [0.15, 0.2) is 11.5 Å². The second-order valence-corrected chi connectivity index (χ2v) is 3.59. The molecule has 1 aromatic rings. The summed E-state index contributed by atoms with van der Waals surface area (Å²) in [5.74, 6) is 1.13.